The Hall–Kier alpha value is -2.04. The lowest BCUT2D eigenvalue weighted by Crippen LogP contribution is -1.97. The van der Waals surface area contributed by atoms with Crippen LogP contribution in [0, 0.1) is 0 Å². The molecular formula is C9H8N2O3. The van der Waals surface area contributed by atoms with E-state index in [0.717, 1.165) is 0 Å². The maximum absolute atomic E-state index is 10.7. The Kier molecular flexibility index (Phi) is 1.85. The van der Waals surface area contributed by atoms with E-state index in [0.29, 0.717) is 16.8 Å². The molecule has 72 valence electrons. The van der Waals surface area contributed by atoms with Crippen molar-refractivity contribution in [3.63, 3.8) is 0 Å². The first kappa shape index (κ1) is 8.55. The third-order valence-electron chi connectivity index (χ3n) is 1.96. The van der Waals surface area contributed by atoms with Crippen LogP contribution in [0.4, 0.5) is 0 Å². The van der Waals surface area contributed by atoms with Gasteiger partial charge in [0, 0.05) is 0 Å². The minimum absolute atomic E-state index is 0.179. The number of ether oxygens (including phenoxy) is 1. The second-order valence-corrected chi connectivity index (χ2v) is 2.78. The number of imidazole rings is 1. The van der Waals surface area contributed by atoms with E-state index in [-0.39, 0.29) is 5.56 Å². The zero-order valence-corrected chi connectivity index (χ0v) is 7.44. The Morgan fingerprint density at radius 3 is 3.00 bits per heavy atom. The van der Waals surface area contributed by atoms with Crippen molar-refractivity contribution in [2.75, 3.05) is 7.11 Å². The molecule has 0 atom stereocenters. The standard InChI is InChI=1S/C9H8N2O3/c1-14-7-3-5(9(12)13)2-6-8(7)11-4-10-6/h2-4H,1H3,(H,10,11)(H,12,13). The third kappa shape index (κ3) is 1.19. The molecule has 0 unspecified atom stereocenters. The second-order valence-electron chi connectivity index (χ2n) is 2.78. The minimum atomic E-state index is -0.986. The van der Waals surface area contributed by atoms with Crippen LogP contribution in [-0.4, -0.2) is 28.2 Å². The maximum atomic E-state index is 10.7. The summed E-state index contributed by atoms with van der Waals surface area (Å²) in [6.45, 7) is 0. The number of benzene rings is 1. The summed E-state index contributed by atoms with van der Waals surface area (Å²) in [7, 11) is 1.48. The van der Waals surface area contributed by atoms with Gasteiger partial charge in [-0.1, -0.05) is 0 Å². The van der Waals surface area contributed by atoms with Crippen LogP contribution in [-0.2, 0) is 0 Å². The van der Waals surface area contributed by atoms with Crippen LogP contribution in [0.1, 0.15) is 10.4 Å². The van der Waals surface area contributed by atoms with Crippen LogP contribution in [0.2, 0.25) is 0 Å². The Morgan fingerprint density at radius 2 is 2.36 bits per heavy atom. The Bertz CT molecular complexity index is 490. The van der Waals surface area contributed by atoms with Crippen molar-refractivity contribution in [2.45, 2.75) is 0 Å². The molecule has 0 radical (unpaired) electrons. The van der Waals surface area contributed by atoms with Gasteiger partial charge < -0.3 is 14.8 Å². The van der Waals surface area contributed by atoms with E-state index in [2.05, 4.69) is 9.97 Å². The zero-order chi connectivity index (χ0) is 10.1. The van der Waals surface area contributed by atoms with Gasteiger partial charge in [0.25, 0.3) is 0 Å². The topological polar surface area (TPSA) is 75.2 Å². The number of nitrogens with one attached hydrogen (secondary N) is 1. The highest BCUT2D eigenvalue weighted by atomic mass is 16.5. The molecule has 0 aliphatic carbocycles. The number of hydrogen-bond acceptors (Lipinski definition) is 3. The van der Waals surface area contributed by atoms with Gasteiger partial charge in [-0.25, -0.2) is 9.78 Å². The molecule has 2 N–H and O–H groups in total. The van der Waals surface area contributed by atoms with E-state index in [1.165, 1.54) is 25.6 Å². The largest absolute Gasteiger partial charge is 0.494 e. The number of hydrogen-bond donors (Lipinski definition) is 2. The third-order valence-corrected chi connectivity index (χ3v) is 1.96. The van der Waals surface area contributed by atoms with Gasteiger partial charge in [-0.15, -0.1) is 0 Å². The first-order valence-corrected chi connectivity index (χ1v) is 3.97. The summed E-state index contributed by atoms with van der Waals surface area (Å²) in [5.74, 6) is -0.527. The molecule has 0 bridgehead atoms. The monoisotopic (exact) mass is 192 g/mol. The fourth-order valence-electron chi connectivity index (χ4n) is 1.30. The molecule has 0 saturated heterocycles. The van der Waals surface area contributed by atoms with Gasteiger partial charge in [0.15, 0.2) is 0 Å². The van der Waals surface area contributed by atoms with E-state index in [1.54, 1.807) is 0 Å². The molecule has 14 heavy (non-hydrogen) atoms. The molecule has 0 fully saturated rings. The number of aromatic amines is 1. The van der Waals surface area contributed by atoms with Gasteiger partial charge in [0.05, 0.1) is 24.5 Å². The van der Waals surface area contributed by atoms with Crippen LogP contribution in [0.15, 0.2) is 18.5 Å². The number of carboxylic acid groups (broad SMARTS) is 1. The number of nitrogens with zero attached hydrogens (tertiary/aromatic N) is 1. The number of rotatable bonds is 2. The number of fused-ring (bicyclic) bond motifs is 1. The van der Waals surface area contributed by atoms with Crippen molar-refractivity contribution < 1.29 is 14.6 Å². The molecule has 5 nitrogen and oxygen atoms in total. The lowest BCUT2D eigenvalue weighted by Gasteiger charge is -2.02. The predicted octanol–water partition coefficient (Wildman–Crippen LogP) is 1.27. The van der Waals surface area contributed by atoms with Crippen molar-refractivity contribution in [1.29, 1.82) is 0 Å². The van der Waals surface area contributed by atoms with Gasteiger partial charge in [0.1, 0.15) is 11.3 Å². The fourth-order valence-corrected chi connectivity index (χ4v) is 1.30. The van der Waals surface area contributed by atoms with Gasteiger partial charge in [-0.05, 0) is 12.1 Å². The highest BCUT2D eigenvalue weighted by Crippen LogP contribution is 2.24. The first-order chi connectivity index (χ1) is 6.72. The number of carbonyl (C=O) groups is 1. The molecule has 0 aliphatic heterocycles. The number of methoxy groups -OCH3 is 1. The molecular weight excluding hydrogens is 184 g/mol. The Balaban J connectivity index is 2.73. The highest BCUT2D eigenvalue weighted by molar-refractivity contribution is 5.94. The second kappa shape index (κ2) is 3.02. The number of H-pyrrole nitrogens is 1. The van der Waals surface area contributed by atoms with Gasteiger partial charge in [0.2, 0.25) is 0 Å². The predicted molar refractivity (Wildman–Crippen MR) is 49.6 cm³/mol. The van der Waals surface area contributed by atoms with Gasteiger partial charge >= 0.3 is 5.97 Å². The summed E-state index contributed by atoms with van der Waals surface area (Å²) in [5.41, 5.74) is 1.47. The first-order valence-electron chi connectivity index (χ1n) is 3.97. The SMILES string of the molecule is COc1cc(C(=O)O)cc2[nH]cnc12. The summed E-state index contributed by atoms with van der Waals surface area (Å²) in [6, 6.07) is 2.97. The highest BCUT2D eigenvalue weighted by Gasteiger charge is 2.10. The van der Waals surface area contributed by atoms with Crippen molar-refractivity contribution in [1.82, 2.24) is 9.97 Å². The van der Waals surface area contributed by atoms with Crippen LogP contribution in [0.3, 0.4) is 0 Å². The van der Waals surface area contributed by atoms with Gasteiger partial charge in [-0.3, -0.25) is 0 Å². The lowest BCUT2D eigenvalue weighted by atomic mass is 10.2. The molecule has 1 aromatic carbocycles. The number of carboxylic acids is 1. The normalized spacial score (nSPS) is 10.4. The summed E-state index contributed by atoms with van der Waals surface area (Å²) >= 11 is 0. The van der Waals surface area contributed by atoms with Crippen molar-refractivity contribution >= 4 is 17.0 Å². The maximum Gasteiger partial charge on any atom is 0.335 e. The van der Waals surface area contributed by atoms with Crippen LogP contribution in [0.5, 0.6) is 5.75 Å². The molecule has 0 amide bonds. The summed E-state index contributed by atoms with van der Waals surface area (Å²) in [4.78, 5) is 17.6. The average Bonchev–Trinajstić information content (AvgIpc) is 2.63. The molecule has 2 rings (SSSR count). The number of aromatic carboxylic acids is 1. The number of aromatic nitrogens is 2. The Labute approximate surface area is 79.3 Å². The van der Waals surface area contributed by atoms with Crippen LogP contribution < -0.4 is 4.74 Å². The molecule has 0 saturated carbocycles. The minimum Gasteiger partial charge on any atom is -0.494 e. The van der Waals surface area contributed by atoms with Crippen molar-refractivity contribution in [3.8, 4) is 5.75 Å². The zero-order valence-electron chi connectivity index (χ0n) is 7.44. The molecule has 5 heteroatoms. The summed E-state index contributed by atoms with van der Waals surface area (Å²) < 4.78 is 5.03. The fraction of sp³-hybridized carbons (Fsp3) is 0.111. The summed E-state index contributed by atoms with van der Waals surface area (Å²) in [5, 5.41) is 8.81. The smallest absolute Gasteiger partial charge is 0.335 e. The van der Waals surface area contributed by atoms with E-state index >= 15 is 0 Å². The molecule has 0 spiro atoms. The molecule has 1 heterocycles. The van der Waals surface area contributed by atoms with E-state index < -0.39 is 5.97 Å². The van der Waals surface area contributed by atoms with Crippen LogP contribution in [0.25, 0.3) is 11.0 Å². The molecule has 1 aromatic heterocycles. The molecule has 2 aromatic rings. The van der Waals surface area contributed by atoms with E-state index in [4.69, 9.17) is 9.84 Å². The summed E-state index contributed by atoms with van der Waals surface area (Å²) in [6.07, 6.45) is 1.50. The quantitative estimate of drug-likeness (QED) is 0.751. The van der Waals surface area contributed by atoms with Crippen molar-refractivity contribution in [2.24, 2.45) is 0 Å². The van der Waals surface area contributed by atoms with E-state index in [9.17, 15) is 4.79 Å². The van der Waals surface area contributed by atoms with Crippen molar-refractivity contribution in [3.05, 3.63) is 24.0 Å². The van der Waals surface area contributed by atoms with Gasteiger partial charge in [-0.2, -0.15) is 0 Å². The van der Waals surface area contributed by atoms with E-state index in [1.807, 2.05) is 0 Å². The molecule has 0 aliphatic rings. The average molecular weight is 192 g/mol. The lowest BCUT2D eigenvalue weighted by molar-refractivity contribution is 0.0696. The van der Waals surface area contributed by atoms with Crippen LogP contribution >= 0.6 is 0 Å². The Morgan fingerprint density at radius 1 is 1.57 bits per heavy atom.